The second kappa shape index (κ2) is 6.42. The first-order valence-corrected chi connectivity index (χ1v) is 8.78. The fourth-order valence-corrected chi connectivity index (χ4v) is 2.75. The number of hydrogen-bond donors (Lipinski definition) is 2. The Labute approximate surface area is 144 Å². The number of furan rings is 1. The molecule has 25 heavy (non-hydrogen) atoms. The van der Waals surface area contributed by atoms with Crippen molar-refractivity contribution in [1.82, 2.24) is 0 Å². The lowest BCUT2D eigenvalue weighted by Crippen LogP contribution is -2.25. The molecule has 0 radical (unpaired) electrons. The van der Waals surface area contributed by atoms with Crippen molar-refractivity contribution in [3.63, 3.8) is 0 Å². The molecule has 0 fully saturated rings. The predicted molar refractivity (Wildman–Crippen MR) is 93.8 cm³/mol. The Hall–Kier alpha value is -3.10. The maximum absolute atomic E-state index is 12.9. The van der Waals surface area contributed by atoms with Gasteiger partial charge in [-0.1, -0.05) is 18.2 Å². The second-order valence-electron chi connectivity index (χ2n) is 5.23. The van der Waals surface area contributed by atoms with Gasteiger partial charge in [-0.05, 0) is 48.5 Å². The van der Waals surface area contributed by atoms with Crippen molar-refractivity contribution in [3.05, 3.63) is 72.5 Å². The highest BCUT2D eigenvalue weighted by Crippen LogP contribution is 2.29. The summed E-state index contributed by atoms with van der Waals surface area (Å²) >= 11 is 0. The molecule has 0 unspecified atom stereocenters. The van der Waals surface area contributed by atoms with Crippen LogP contribution in [0.4, 0.5) is 17.1 Å². The standard InChI is InChI=1S/C17H15N3O4S/c18-12-6-8-14(9-7-12)20(13-4-2-1-3-5-13)17(21)15-10-11-16(24-15)25(19,22)23/h1-11H,18H2,(H2,19,22,23). The number of nitrogen functional groups attached to an aromatic ring is 1. The molecule has 7 nitrogen and oxygen atoms in total. The third-order valence-corrected chi connectivity index (χ3v) is 4.22. The molecule has 0 spiro atoms. The van der Waals surface area contributed by atoms with Gasteiger partial charge >= 0.3 is 0 Å². The van der Waals surface area contributed by atoms with Gasteiger partial charge in [-0.3, -0.25) is 9.69 Å². The van der Waals surface area contributed by atoms with E-state index >= 15 is 0 Å². The number of amides is 1. The van der Waals surface area contributed by atoms with Gasteiger partial charge in [0.15, 0.2) is 5.76 Å². The van der Waals surface area contributed by atoms with Gasteiger partial charge in [0.2, 0.25) is 5.09 Å². The van der Waals surface area contributed by atoms with E-state index in [1.54, 1.807) is 48.5 Å². The normalized spacial score (nSPS) is 11.2. The van der Waals surface area contributed by atoms with Crippen LogP contribution in [0.5, 0.6) is 0 Å². The van der Waals surface area contributed by atoms with Gasteiger partial charge in [0, 0.05) is 17.1 Å². The largest absolute Gasteiger partial charge is 0.438 e. The van der Waals surface area contributed by atoms with E-state index in [1.807, 2.05) is 6.07 Å². The number of rotatable bonds is 4. The van der Waals surface area contributed by atoms with Crippen LogP contribution in [-0.4, -0.2) is 14.3 Å². The molecular formula is C17H15N3O4S. The Balaban J connectivity index is 2.07. The number of primary sulfonamides is 1. The fourth-order valence-electron chi connectivity index (χ4n) is 2.28. The maximum Gasteiger partial charge on any atom is 0.298 e. The summed E-state index contributed by atoms with van der Waals surface area (Å²) in [6.45, 7) is 0. The molecule has 0 bridgehead atoms. The molecule has 0 atom stereocenters. The van der Waals surface area contributed by atoms with Gasteiger partial charge in [0.1, 0.15) is 0 Å². The van der Waals surface area contributed by atoms with E-state index in [1.165, 1.54) is 11.0 Å². The summed E-state index contributed by atoms with van der Waals surface area (Å²) in [5.41, 5.74) is 7.40. The molecule has 1 amide bonds. The number of para-hydroxylation sites is 1. The number of anilines is 3. The van der Waals surface area contributed by atoms with Crippen LogP contribution in [0.15, 0.2) is 76.2 Å². The molecular weight excluding hydrogens is 342 g/mol. The van der Waals surface area contributed by atoms with Crippen molar-refractivity contribution < 1.29 is 17.6 Å². The lowest BCUT2D eigenvalue weighted by molar-refractivity contribution is 0.0968. The smallest absolute Gasteiger partial charge is 0.298 e. The number of hydrogen-bond acceptors (Lipinski definition) is 5. The summed E-state index contributed by atoms with van der Waals surface area (Å²) in [5.74, 6) is -0.685. The first kappa shape index (κ1) is 16.7. The molecule has 128 valence electrons. The van der Waals surface area contributed by atoms with Crippen LogP contribution >= 0.6 is 0 Å². The molecule has 1 aromatic heterocycles. The van der Waals surface area contributed by atoms with Gasteiger partial charge < -0.3 is 10.2 Å². The number of nitrogens with two attached hydrogens (primary N) is 2. The summed E-state index contributed by atoms with van der Waals surface area (Å²) in [5, 5.41) is 4.55. The quantitative estimate of drug-likeness (QED) is 0.695. The summed E-state index contributed by atoms with van der Waals surface area (Å²) in [7, 11) is -4.03. The van der Waals surface area contributed by atoms with E-state index < -0.39 is 21.0 Å². The van der Waals surface area contributed by atoms with Crippen LogP contribution in [0.1, 0.15) is 10.6 Å². The summed E-state index contributed by atoms with van der Waals surface area (Å²) in [4.78, 5) is 14.3. The van der Waals surface area contributed by atoms with Gasteiger partial charge in [-0.25, -0.2) is 13.6 Å². The predicted octanol–water partition coefficient (Wildman–Crippen LogP) is 2.49. The van der Waals surface area contributed by atoms with Crippen LogP contribution in [0.2, 0.25) is 0 Å². The third kappa shape index (κ3) is 3.54. The van der Waals surface area contributed by atoms with Gasteiger partial charge in [0.05, 0.1) is 0 Å². The molecule has 0 aliphatic rings. The summed E-state index contributed by atoms with van der Waals surface area (Å²) in [6.07, 6.45) is 0. The lowest BCUT2D eigenvalue weighted by Gasteiger charge is -2.22. The third-order valence-electron chi connectivity index (χ3n) is 3.44. The number of nitrogens with zero attached hydrogens (tertiary/aromatic N) is 1. The second-order valence-corrected chi connectivity index (χ2v) is 6.72. The van der Waals surface area contributed by atoms with Crippen LogP contribution in [0.25, 0.3) is 0 Å². The lowest BCUT2D eigenvalue weighted by atomic mass is 10.2. The first-order valence-electron chi connectivity index (χ1n) is 7.24. The van der Waals surface area contributed by atoms with Crippen molar-refractivity contribution in [2.24, 2.45) is 5.14 Å². The fraction of sp³-hybridized carbons (Fsp3) is 0. The van der Waals surface area contributed by atoms with Crippen molar-refractivity contribution in [2.75, 3.05) is 10.6 Å². The SMILES string of the molecule is Nc1ccc(N(C(=O)c2ccc(S(N)(=O)=O)o2)c2ccccc2)cc1. The Morgan fingerprint density at radius 3 is 2.04 bits per heavy atom. The molecule has 3 aromatic rings. The number of carbonyl (C=O) groups excluding carboxylic acids is 1. The minimum atomic E-state index is -4.03. The van der Waals surface area contributed by atoms with Gasteiger partial charge in [-0.15, -0.1) is 0 Å². The number of carbonyl (C=O) groups is 1. The van der Waals surface area contributed by atoms with E-state index in [-0.39, 0.29) is 5.76 Å². The van der Waals surface area contributed by atoms with E-state index in [4.69, 9.17) is 15.3 Å². The van der Waals surface area contributed by atoms with E-state index in [0.29, 0.717) is 17.1 Å². The molecule has 0 aliphatic heterocycles. The number of benzene rings is 2. The highest BCUT2D eigenvalue weighted by atomic mass is 32.2. The first-order chi connectivity index (χ1) is 11.9. The minimum absolute atomic E-state index is 0.148. The van der Waals surface area contributed by atoms with Crippen molar-refractivity contribution in [2.45, 2.75) is 5.09 Å². The van der Waals surface area contributed by atoms with Gasteiger partial charge in [-0.2, -0.15) is 0 Å². The van der Waals surface area contributed by atoms with E-state index in [9.17, 15) is 13.2 Å². The average Bonchev–Trinajstić information content (AvgIpc) is 3.08. The zero-order chi connectivity index (χ0) is 18.0. The molecule has 1 heterocycles. The topological polar surface area (TPSA) is 120 Å². The zero-order valence-corrected chi connectivity index (χ0v) is 13.8. The Morgan fingerprint density at radius 1 is 0.880 bits per heavy atom. The highest BCUT2D eigenvalue weighted by Gasteiger charge is 2.24. The molecule has 0 saturated heterocycles. The molecule has 4 N–H and O–H groups in total. The monoisotopic (exact) mass is 357 g/mol. The highest BCUT2D eigenvalue weighted by molar-refractivity contribution is 7.89. The molecule has 8 heteroatoms. The maximum atomic E-state index is 12.9. The summed E-state index contributed by atoms with van der Waals surface area (Å²) < 4.78 is 27.9. The van der Waals surface area contributed by atoms with E-state index in [0.717, 1.165) is 6.07 Å². The average molecular weight is 357 g/mol. The van der Waals surface area contributed by atoms with Crippen LogP contribution in [-0.2, 0) is 10.0 Å². The summed E-state index contributed by atoms with van der Waals surface area (Å²) in [6, 6.07) is 18.0. The Bertz CT molecular complexity index is 996. The van der Waals surface area contributed by atoms with Crippen LogP contribution < -0.4 is 15.8 Å². The van der Waals surface area contributed by atoms with Crippen molar-refractivity contribution in [1.29, 1.82) is 0 Å². The molecule has 3 rings (SSSR count). The van der Waals surface area contributed by atoms with Crippen LogP contribution in [0, 0.1) is 0 Å². The molecule has 2 aromatic carbocycles. The molecule has 0 saturated carbocycles. The zero-order valence-electron chi connectivity index (χ0n) is 13.0. The van der Waals surface area contributed by atoms with Crippen LogP contribution in [0.3, 0.4) is 0 Å². The minimum Gasteiger partial charge on any atom is -0.438 e. The van der Waals surface area contributed by atoms with E-state index in [2.05, 4.69) is 0 Å². The Kier molecular flexibility index (Phi) is 4.30. The number of sulfonamides is 1. The van der Waals surface area contributed by atoms with Gasteiger partial charge in [0.25, 0.3) is 15.9 Å². The van der Waals surface area contributed by atoms with Crippen molar-refractivity contribution in [3.8, 4) is 0 Å². The molecule has 0 aliphatic carbocycles. The van der Waals surface area contributed by atoms with Crippen molar-refractivity contribution >= 4 is 33.0 Å². The Morgan fingerprint density at radius 2 is 1.48 bits per heavy atom.